The number of benzene rings is 2. The molecule has 0 aromatic heterocycles. The van der Waals surface area contributed by atoms with Gasteiger partial charge >= 0.3 is 7.48 Å². The number of hydrogen-bond donors (Lipinski definition) is 1. The lowest BCUT2D eigenvalue weighted by Gasteiger charge is -2.07. The van der Waals surface area contributed by atoms with Crippen LogP contribution in [0.3, 0.4) is 0 Å². The van der Waals surface area contributed by atoms with Crippen LogP contribution < -0.4 is 5.46 Å². The first kappa shape index (κ1) is 12.9. The van der Waals surface area contributed by atoms with Gasteiger partial charge in [-0.25, -0.2) is 4.21 Å². The summed E-state index contributed by atoms with van der Waals surface area (Å²) in [4.78, 5) is 1.20. The van der Waals surface area contributed by atoms with Crippen molar-refractivity contribution in [3.05, 3.63) is 53.1 Å². The van der Waals surface area contributed by atoms with Gasteiger partial charge in [0.25, 0.3) is 0 Å². The van der Waals surface area contributed by atoms with Crippen LogP contribution in [0.1, 0.15) is 11.9 Å². The van der Waals surface area contributed by atoms with Crippen LogP contribution in [0.5, 0.6) is 0 Å². The number of aliphatic hydroxyl groups excluding tert-OH is 1. The van der Waals surface area contributed by atoms with E-state index in [9.17, 15) is 9.32 Å². The van der Waals surface area contributed by atoms with E-state index in [0.29, 0.717) is 20.4 Å². The van der Waals surface area contributed by atoms with E-state index in [0.717, 1.165) is 5.46 Å². The van der Waals surface area contributed by atoms with Gasteiger partial charge < -0.3 is 9.76 Å². The Kier molecular flexibility index (Phi) is 3.45. The SMILES string of the molecule is O=S(c1ccc2c(c1)[B]OC2O)c1ccccc1Cl. The maximum Gasteiger partial charge on any atom is 0.334 e. The minimum atomic E-state index is -1.35. The molecule has 6 heteroatoms. The van der Waals surface area contributed by atoms with Crippen molar-refractivity contribution in [2.24, 2.45) is 0 Å². The molecule has 0 saturated heterocycles. The van der Waals surface area contributed by atoms with Crippen molar-refractivity contribution in [1.29, 1.82) is 0 Å². The minimum Gasteiger partial charge on any atom is -0.407 e. The lowest BCUT2D eigenvalue weighted by atomic mass is 9.87. The Morgan fingerprint density at radius 3 is 2.84 bits per heavy atom. The summed E-state index contributed by atoms with van der Waals surface area (Å²) >= 11 is 6.04. The molecule has 1 aliphatic rings. The normalized spacial score (nSPS) is 18.7. The van der Waals surface area contributed by atoms with Gasteiger partial charge in [-0.15, -0.1) is 0 Å². The molecule has 2 unspecified atom stereocenters. The highest BCUT2D eigenvalue weighted by molar-refractivity contribution is 7.85. The van der Waals surface area contributed by atoms with Crippen LogP contribution in [0.25, 0.3) is 0 Å². The summed E-state index contributed by atoms with van der Waals surface area (Å²) in [5.74, 6) is 0. The van der Waals surface area contributed by atoms with Gasteiger partial charge in [0.15, 0.2) is 6.29 Å². The fraction of sp³-hybridized carbons (Fsp3) is 0.0769. The van der Waals surface area contributed by atoms with Crippen molar-refractivity contribution in [3.8, 4) is 0 Å². The Hall–Kier alpha value is -1.14. The molecular weight excluding hydrogens is 282 g/mol. The summed E-state index contributed by atoms with van der Waals surface area (Å²) in [5, 5.41) is 10.00. The van der Waals surface area contributed by atoms with Crippen molar-refractivity contribution in [3.63, 3.8) is 0 Å². The maximum atomic E-state index is 12.5. The smallest absolute Gasteiger partial charge is 0.334 e. The quantitative estimate of drug-likeness (QED) is 0.858. The topological polar surface area (TPSA) is 46.5 Å². The third-order valence-corrected chi connectivity index (χ3v) is 4.78. The lowest BCUT2D eigenvalue weighted by molar-refractivity contribution is -0.00795. The van der Waals surface area contributed by atoms with Gasteiger partial charge in [0.2, 0.25) is 0 Å². The third kappa shape index (κ3) is 2.34. The molecule has 2 atom stereocenters. The number of aliphatic hydroxyl groups is 1. The summed E-state index contributed by atoms with van der Waals surface area (Å²) in [6, 6.07) is 12.2. The van der Waals surface area contributed by atoms with Crippen LogP contribution in [0.2, 0.25) is 5.02 Å². The first-order valence-electron chi connectivity index (χ1n) is 5.64. The van der Waals surface area contributed by atoms with Crippen LogP contribution >= 0.6 is 11.6 Å². The third-order valence-electron chi connectivity index (χ3n) is 2.90. The molecule has 0 aliphatic carbocycles. The predicted molar refractivity (Wildman–Crippen MR) is 74.0 cm³/mol. The lowest BCUT2D eigenvalue weighted by Crippen LogP contribution is -2.12. The average molecular weight is 292 g/mol. The van der Waals surface area contributed by atoms with E-state index in [1.807, 2.05) is 0 Å². The van der Waals surface area contributed by atoms with E-state index >= 15 is 0 Å². The molecule has 2 aromatic rings. The van der Waals surface area contributed by atoms with Gasteiger partial charge in [0.05, 0.1) is 20.7 Å². The van der Waals surface area contributed by atoms with E-state index in [-0.39, 0.29) is 0 Å². The molecule has 95 valence electrons. The van der Waals surface area contributed by atoms with E-state index in [2.05, 4.69) is 0 Å². The van der Waals surface area contributed by atoms with Crippen molar-refractivity contribution in [2.75, 3.05) is 0 Å². The van der Waals surface area contributed by atoms with Crippen molar-refractivity contribution >= 4 is 35.3 Å². The molecule has 1 radical (unpaired) electrons. The molecule has 1 N–H and O–H groups in total. The summed E-state index contributed by atoms with van der Waals surface area (Å²) in [7, 11) is 0.114. The summed E-state index contributed by atoms with van der Waals surface area (Å²) in [6.07, 6.45) is -0.933. The Morgan fingerprint density at radius 1 is 1.26 bits per heavy atom. The average Bonchev–Trinajstić information content (AvgIpc) is 2.80. The van der Waals surface area contributed by atoms with Gasteiger partial charge in [-0.1, -0.05) is 29.8 Å². The van der Waals surface area contributed by atoms with Gasteiger partial charge in [-0.3, -0.25) is 0 Å². The van der Waals surface area contributed by atoms with Crippen LogP contribution in [0.4, 0.5) is 0 Å². The minimum absolute atomic E-state index is 0.474. The number of rotatable bonds is 2. The molecule has 0 bridgehead atoms. The summed E-state index contributed by atoms with van der Waals surface area (Å²) in [6.45, 7) is 0. The summed E-state index contributed by atoms with van der Waals surface area (Å²) < 4.78 is 17.5. The molecule has 3 nitrogen and oxygen atoms in total. The zero-order valence-corrected chi connectivity index (χ0v) is 11.3. The fourth-order valence-electron chi connectivity index (χ4n) is 1.93. The molecule has 0 spiro atoms. The Balaban J connectivity index is 2.00. The predicted octanol–water partition coefficient (Wildman–Crippen LogP) is 1.77. The molecule has 0 fully saturated rings. The second-order valence-electron chi connectivity index (χ2n) is 4.10. The van der Waals surface area contributed by atoms with Crippen LogP contribution in [0.15, 0.2) is 52.3 Å². The van der Waals surface area contributed by atoms with Crippen LogP contribution in [0, 0.1) is 0 Å². The second-order valence-corrected chi connectivity index (χ2v) is 5.95. The Labute approximate surface area is 118 Å². The van der Waals surface area contributed by atoms with Gasteiger partial charge in [-0.05, 0) is 29.7 Å². The molecule has 2 aromatic carbocycles. The molecule has 3 rings (SSSR count). The first-order chi connectivity index (χ1) is 9.16. The van der Waals surface area contributed by atoms with E-state index in [1.54, 1.807) is 42.5 Å². The number of halogens is 1. The molecule has 0 amide bonds. The highest BCUT2D eigenvalue weighted by Gasteiger charge is 2.23. The number of fused-ring (bicyclic) bond motifs is 1. The van der Waals surface area contributed by atoms with Gasteiger partial charge in [-0.2, -0.15) is 0 Å². The molecule has 0 saturated carbocycles. The molecule has 19 heavy (non-hydrogen) atoms. The zero-order chi connectivity index (χ0) is 13.4. The van der Waals surface area contributed by atoms with Gasteiger partial charge in [0.1, 0.15) is 0 Å². The molecule has 1 aliphatic heterocycles. The largest absolute Gasteiger partial charge is 0.407 e. The monoisotopic (exact) mass is 291 g/mol. The Bertz CT molecular complexity index is 662. The highest BCUT2D eigenvalue weighted by atomic mass is 35.5. The van der Waals surface area contributed by atoms with E-state index in [1.165, 1.54) is 7.48 Å². The van der Waals surface area contributed by atoms with E-state index in [4.69, 9.17) is 16.3 Å². The zero-order valence-electron chi connectivity index (χ0n) is 9.75. The van der Waals surface area contributed by atoms with Crippen molar-refractivity contribution < 1.29 is 14.0 Å². The standard InChI is InChI=1S/C13H9BClO3S/c15-11-3-1-2-4-12(11)19(17)8-5-6-9-10(7-8)14-18-13(9)16/h1-7,13,16H. The fourth-order valence-corrected chi connectivity index (χ4v) is 3.40. The van der Waals surface area contributed by atoms with Crippen molar-refractivity contribution in [1.82, 2.24) is 0 Å². The van der Waals surface area contributed by atoms with E-state index < -0.39 is 17.1 Å². The number of hydrogen-bond acceptors (Lipinski definition) is 3. The first-order valence-corrected chi connectivity index (χ1v) is 7.16. The maximum absolute atomic E-state index is 12.5. The second kappa shape index (κ2) is 5.09. The molecule has 1 heterocycles. The highest BCUT2D eigenvalue weighted by Crippen LogP contribution is 2.25. The Morgan fingerprint density at radius 2 is 2.05 bits per heavy atom. The summed E-state index contributed by atoms with van der Waals surface area (Å²) in [5.41, 5.74) is 1.42. The van der Waals surface area contributed by atoms with Crippen LogP contribution in [-0.2, 0) is 15.5 Å². The van der Waals surface area contributed by atoms with Crippen LogP contribution in [-0.4, -0.2) is 16.8 Å². The van der Waals surface area contributed by atoms with Gasteiger partial charge in [0, 0.05) is 10.5 Å². The van der Waals surface area contributed by atoms with Crippen molar-refractivity contribution in [2.45, 2.75) is 16.1 Å². The molecular formula is C13H9BClO3S.